The number of pyridine rings is 1. The SMILES string of the molecule is ON=c1cc(-c2cc3ccccc3cn2)oc2cc(Br)ccc12. The van der Waals surface area contributed by atoms with E-state index >= 15 is 0 Å². The van der Waals surface area contributed by atoms with Crippen LogP contribution in [0.5, 0.6) is 0 Å². The van der Waals surface area contributed by atoms with Crippen molar-refractivity contribution in [1.29, 1.82) is 0 Å². The fourth-order valence-corrected chi connectivity index (χ4v) is 2.91. The van der Waals surface area contributed by atoms with Gasteiger partial charge >= 0.3 is 0 Å². The fraction of sp³-hybridized carbons (Fsp3) is 0. The first-order valence-corrected chi connectivity index (χ1v) is 7.80. The summed E-state index contributed by atoms with van der Waals surface area (Å²) in [6.07, 6.45) is 1.81. The summed E-state index contributed by atoms with van der Waals surface area (Å²) in [5.74, 6) is 0.550. The molecule has 4 nitrogen and oxygen atoms in total. The number of rotatable bonds is 1. The summed E-state index contributed by atoms with van der Waals surface area (Å²) in [5.41, 5.74) is 1.31. The molecule has 4 rings (SSSR count). The predicted molar refractivity (Wildman–Crippen MR) is 92.0 cm³/mol. The zero-order valence-corrected chi connectivity index (χ0v) is 13.5. The zero-order valence-electron chi connectivity index (χ0n) is 11.9. The van der Waals surface area contributed by atoms with Crippen LogP contribution in [0.15, 0.2) is 74.8 Å². The second kappa shape index (κ2) is 5.52. The molecule has 1 N–H and O–H groups in total. The van der Waals surface area contributed by atoms with Gasteiger partial charge in [-0.25, -0.2) is 0 Å². The van der Waals surface area contributed by atoms with Gasteiger partial charge in [-0.3, -0.25) is 4.98 Å². The molecule has 23 heavy (non-hydrogen) atoms. The monoisotopic (exact) mass is 366 g/mol. The Kier molecular flexibility index (Phi) is 3.35. The Balaban J connectivity index is 2.00. The maximum absolute atomic E-state index is 9.30. The average molecular weight is 367 g/mol. The number of fused-ring (bicyclic) bond motifs is 2. The minimum absolute atomic E-state index is 0.448. The van der Waals surface area contributed by atoms with Gasteiger partial charge in [-0.15, -0.1) is 0 Å². The Morgan fingerprint density at radius 1 is 1.00 bits per heavy atom. The molecule has 0 aliphatic carbocycles. The Labute approximate surface area is 139 Å². The lowest BCUT2D eigenvalue weighted by atomic mass is 10.1. The van der Waals surface area contributed by atoms with Crippen LogP contribution in [0.25, 0.3) is 33.2 Å². The first-order valence-electron chi connectivity index (χ1n) is 7.01. The molecule has 0 aliphatic rings. The molecule has 0 atom stereocenters. The molecule has 0 fully saturated rings. The molecule has 0 amide bonds. The second-order valence-corrected chi connectivity index (χ2v) is 6.07. The second-order valence-electron chi connectivity index (χ2n) is 5.15. The minimum Gasteiger partial charge on any atom is -0.454 e. The summed E-state index contributed by atoms with van der Waals surface area (Å²) < 4.78 is 6.85. The quantitative estimate of drug-likeness (QED) is 0.392. The Hall–Kier alpha value is -2.66. The van der Waals surface area contributed by atoms with Crippen molar-refractivity contribution in [3.63, 3.8) is 0 Å². The smallest absolute Gasteiger partial charge is 0.155 e. The predicted octanol–water partition coefficient (Wildman–Crippen LogP) is 4.70. The summed E-state index contributed by atoms with van der Waals surface area (Å²) in [7, 11) is 0. The van der Waals surface area contributed by atoms with Gasteiger partial charge in [0.05, 0.1) is 0 Å². The van der Waals surface area contributed by atoms with E-state index in [1.54, 1.807) is 12.3 Å². The molecule has 0 saturated heterocycles. The topological polar surface area (TPSA) is 58.6 Å². The number of hydrogen-bond donors (Lipinski definition) is 1. The van der Waals surface area contributed by atoms with Crippen LogP contribution in [0, 0.1) is 0 Å². The highest BCUT2D eigenvalue weighted by Crippen LogP contribution is 2.25. The maximum atomic E-state index is 9.30. The number of aromatic nitrogens is 1. The van der Waals surface area contributed by atoms with E-state index in [0.29, 0.717) is 22.4 Å². The number of hydrogen-bond acceptors (Lipinski definition) is 4. The van der Waals surface area contributed by atoms with Crippen LogP contribution in [0.1, 0.15) is 0 Å². The van der Waals surface area contributed by atoms with Gasteiger partial charge in [-0.05, 0) is 29.7 Å². The molecule has 2 aromatic heterocycles. The van der Waals surface area contributed by atoms with Crippen LogP contribution in [0.2, 0.25) is 0 Å². The highest BCUT2D eigenvalue weighted by Gasteiger charge is 2.08. The standard InChI is InChI=1S/C18H11BrN2O2/c19-13-5-6-14-15(21-22)9-18(23-17(14)8-13)16-7-11-3-1-2-4-12(11)10-20-16/h1-10,22H. The van der Waals surface area contributed by atoms with E-state index in [1.165, 1.54) is 0 Å². The van der Waals surface area contributed by atoms with Crippen molar-refractivity contribution in [2.24, 2.45) is 5.16 Å². The summed E-state index contributed by atoms with van der Waals surface area (Å²) >= 11 is 3.42. The number of halogens is 1. The maximum Gasteiger partial charge on any atom is 0.155 e. The summed E-state index contributed by atoms with van der Waals surface area (Å²) in [6, 6.07) is 17.2. The first kappa shape index (κ1) is 14.0. The lowest BCUT2D eigenvalue weighted by Gasteiger charge is -2.05. The van der Waals surface area contributed by atoms with Crippen molar-refractivity contribution in [2.75, 3.05) is 0 Å². The van der Waals surface area contributed by atoms with Crippen molar-refractivity contribution >= 4 is 37.7 Å². The van der Waals surface area contributed by atoms with E-state index in [1.807, 2.05) is 48.5 Å². The van der Waals surface area contributed by atoms with E-state index in [9.17, 15) is 5.21 Å². The molecule has 0 spiro atoms. The summed E-state index contributed by atoms with van der Waals surface area (Å²) in [5, 5.41) is 16.0. The van der Waals surface area contributed by atoms with Crippen molar-refractivity contribution < 1.29 is 9.62 Å². The Bertz CT molecular complexity index is 1100. The van der Waals surface area contributed by atoms with Gasteiger partial charge in [0.2, 0.25) is 0 Å². The van der Waals surface area contributed by atoms with Crippen LogP contribution in [0.4, 0.5) is 0 Å². The van der Waals surface area contributed by atoms with E-state index in [4.69, 9.17) is 4.42 Å². The summed E-state index contributed by atoms with van der Waals surface area (Å²) in [4.78, 5) is 4.45. The normalized spacial score (nSPS) is 12.1. The largest absolute Gasteiger partial charge is 0.454 e. The van der Waals surface area contributed by atoms with Crippen molar-refractivity contribution in [2.45, 2.75) is 0 Å². The third-order valence-corrected chi connectivity index (χ3v) is 4.19. The van der Waals surface area contributed by atoms with Gasteiger partial charge in [0.25, 0.3) is 0 Å². The van der Waals surface area contributed by atoms with Crippen LogP contribution in [-0.4, -0.2) is 10.2 Å². The molecular weight excluding hydrogens is 356 g/mol. The lowest BCUT2D eigenvalue weighted by Crippen LogP contribution is -2.03. The molecule has 2 aromatic carbocycles. The lowest BCUT2D eigenvalue weighted by molar-refractivity contribution is 0.302. The van der Waals surface area contributed by atoms with Crippen LogP contribution in [-0.2, 0) is 0 Å². The van der Waals surface area contributed by atoms with Crippen LogP contribution < -0.4 is 5.36 Å². The molecule has 0 saturated carbocycles. The number of nitrogens with zero attached hydrogens (tertiary/aromatic N) is 2. The molecule has 0 aliphatic heterocycles. The van der Waals surface area contributed by atoms with E-state index in [0.717, 1.165) is 20.6 Å². The third kappa shape index (κ3) is 2.49. The van der Waals surface area contributed by atoms with E-state index in [2.05, 4.69) is 26.1 Å². The van der Waals surface area contributed by atoms with E-state index in [-0.39, 0.29) is 0 Å². The Morgan fingerprint density at radius 3 is 2.65 bits per heavy atom. The highest BCUT2D eigenvalue weighted by atomic mass is 79.9. The van der Waals surface area contributed by atoms with Crippen LogP contribution >= 0.6 is 15.9 Å². The van der Waals surface area contributed by atoms with Gasteiger partial charge in [-0.1, -0.05) is 45.4 Å². The van der Waals surface area contributed by atoms with Crippen molar-refractivity contribution in [3.8, 4) is 11.5 Å². The summed E-state index contributed by atoms with van der Waals surface area (Å²) in [6.45, 7) is 0. The zero-order chi connectivity index (χ0) is 15.8. The van der Waals surface area contributed by atoms with Crippen LogP contribution in [0.3, 0.4) is 0 Å². The van der Waals surface area contributed by atoms with Gasteiger partial charge < -0.3 is 9.62 Å². The fourth-order valence-electron chi connectivity index (χ4n) is 2.57. The average Bonchev–Trinajstić information content (AvgIpc) is 2.60. The van der Waals surface area contributed by atoms with E-state index < -0.39 is 0 Å². The van der Waals surface area contributed by atoms with Gasteiger partial charge in [-0.2, -0.15) is 0 Å². The van der Waals surface area contributed by atoms with Gasteiger partial charge in [0, 0.05) is 27.5 Å². The molecular formula is C18H11BrN2O2. The highest BCUT2D eigenvalue weighted by molar-refractivity contribution is 9.10. The van der Waals surface area contributed by atoms with Crippen molar-refractivity contribution in [3.05, 3.63) is 70.6 Å². The molecule has 112 valence electrons. The minimum atomic E-state index is 0.448. The number of benzene rings is 2. The molecule has 0 radical (unpaired) electrons. The Morgan fingerprint density at radius 2 is 1.83 bits per heavy atom. The third-order valence-electron chi connectivity index (χ3n) is 3.70. The molecule has 0 unspecified atom stereocenters. The molecule has 2 heterocycles. The van der Waals surface area contributed by atoms with Gasteiger partial charge in [0.15, 0.2) is 5.76 Å². The van der Waals surface area contributed by atoms with Crippen molar-refractivity contribution in [1.82, 2.24) is 4.98 Å². The molecule has 0 bridgehead atoms. The van der Waals surface area contributed by atoms with Gasteiger partial charge in [0.1, 0.15) is 16.6 Å². The molecule has 4 aromatic rings. The molecule has 5 heteroatoms. The first-order chi connectivity index (χ1) is 11.2.